The van der Waals surface area contributed by atoms with Crippen LogP contribution >= 0.6 is 15.9 Å². The molecule has 0 saturated carbocycles. The molecule has 2 rings (SSSR count). The highest BCUT2D eigenvalue weighted by Crippen LogP contribution is 2.33. The second kappa shape index (κ2) is 5.48. The molecule has 0 unspecified atom stereocenters. The van der Waals surface area contributed by atoms with Gasteiger partial charge in [0, 0.05) is 15.7 Å². The number of halogens is 5. The lowest BCUT2D eigenvalue weighted by Gasteiger charge is -2.11. The Balaban J connectivity index is 2.51. The minimum atomic E-state index is -4.86. The number of nitrogens with two attached hydrogens (primary N) is 1. The monoisotopic (exact) mass is 361 g/mol. The van der Waals surface area contributed by atoms with Crippen LogP contribution < -0.4 is 5.73 Å². The summed E-state index contributed by atoms with van der Waals surface area (Å²) >= 11 is 3.10. The van der Waals surface area contributed by atoms with Gasteiger partial charge in [-0.3, -0.25) is 4.79 Å². The fraction of sp³-hybridized carbons (Fsp3) is 0.0714. The van der Waals surface area contributed by atoms with Gasteiger partial charge in [-0.25, -0.2) is 4.39 Å². The SMILES string of the molecule is Nc1ccc(C(=O)c2cccc(C(F)(F)F)c2F)cc1Br. The summed E-state index contributed by atoms with van der Waals surface area (Å²) in [6.07, 6.45) is -4.86. The summed E-state index contributed by atoms with van der Waals surface area (Å²) in [6.45, 7) is 0. The van der Waals surface area contributed by atoms with Crippen molar-refractivity contribution >= 4 is 27.4 Å². The Labute approximate surface area is 125 Å². The smallest absolute Gasteiger partial charge is 0.398 e. The van der Waals surface area contributed by atoms with Crippen molar-refractivity contribution < 1.29 is 22.4 Å². The largest absolute Gasteiger partial charge is 0.419 e. The molecule has 0 bridgehead atoms. The van der Waals surface area contributed by atoms with Gasteiger partial charge in [0.05, 0.1) is 11.1 Å². The zero-order chi connectivity index (χ0) is 15.8. The van der Waals surface area contributed by atoms with Crippen LogP contribution in [0.4, 0.5) is 23.2 Å². The van der Waals surface area contributed by atoms with Gasteiger partial charge in [0.25, 0.3) is 0 Å². The molecule has 2 N–H and O–H groups in total. The molecule has 0 heterocycles. The van der Waals surface area contributed by atoms with Crippen LogP contribution in [0.25, 0.3) is 0 Å². The van der Waals surface area contributed by atoms with Gasteiger partial charge in [0.1, 0.15) is 5.82 Å². The fourth-order valence-electron chi connectivity index (χ4n) is 1.75. The molecule has 0 aliphatic carbocycles. The predicted molar refractivity (Wildman–Crippen MR) is 73.4 cm³/mol. The number of benzene rings is 2. The first-order valence-electron chi connectivity index (χ1n) is 5.67. The average Bonchev–Trinajstić information content (AvgIpc) is 2.40. The highest BCUT2D eigenvalue weighted by atomic mass is 79.9. The Morgan fingerprint density at radius 1 is 1.14 bits per heavy atom. The lowest BCUT2D eigenvalue weighted by Crippen LogP contribution is -2.13. The molecule has 110 valence electrons. The highest BCUT2D eigenvalue weighted by molar-refractivity contribution is 9.10. The van der Waals surface area contributed by atoms with Crippen LogP contribution in [0.2, 0.25) is 0 Å². The minimum Gasteiger partial charge on any atom is -0.398 e. The Hall–Kier alpha value is -1.89. The molecule has 0 aliphatic heterocycles. The number of carbonyl (C=O) groups is 1. The van der Waals surface area contributed by atoms with Crippen LogP contribution in [0.15, 0.2) is 40.9 Å². The van der Waals surface area contributed by atoms with Gasteiger partial charge < -0.3 is 5.73 Å². The van der Waals surface area contributed by atoms with E-state index in [-0.39, 0.29) is 5.56 Å². The number of ketones is 1. The second-order valence-electron chi connectivity index (χ2n) is 4.23. The first-order chi connectivity index (χ1) is 9.71. The molecule has 0 fully saturated rings. The molecule has 0 radical (unpaired) electrons. The van der Waals surface area contributed by atoms with Crippen molar-refractivity contribution in [3.63, 3.8) is 0 Å². The maximum absolute atomic E-state index is 13.9. The first-order valence-corrected chi connectivity index (χ1v) is 6.46. The first kappa shape index (κ1) is 15.5. The summed E-state index contributed by atoms with van der Waals surface area (Å²) in [5, 5.41) is 0. The summed E-state index contributed by atoms with van der Waals surface area (Å²) in [6, 6.07) is 6.65. The number of anilines is 1. The van der Waals surface area contributed by atoms with Crippen molar-refractivity contribution in [3.05, 3.63) is 63.4 Å². The van der Waals surface area contributed by atoms with Crippen LogP contribution in [0.5, 0.6) is 0 Å². The Kier molecular flexibility index (Phi) is 4.04. The van der Waals surface area contributed by atoms with E-state index in [1.807, 2.05) is 0 Å². The van der Waals surface area contributed by atoms with E-state index < -0.39 is 28.9 Å². The summed E-state index contributed by atoms with van der Waals surface area (Å²) in [5.74, 6) is -2.43. The van der Waals surface area contributed by atoms with E-state index in [4.69, 9.17) is 5.73 Å². The topological polar surface area (TPSA) is 43.1 Å². The van der Waals surface area contributed by atoms with Crippen LogP contribution in [0.1, 0.15) is 21.5 Å². The summed E-state index contributed by atoms with van der Waals surface area (Å²) in [5.41, 5.74) is 3.84. The molecule has 7 heteroatoms. The molecule has 0 saturated heterocycles. The van der Waals surface area contributed by atoms with Gasteiger partial charge in [-0.15, -0.1) is 0 Å². The maximum atomic E-state index is 13.9. The number of rotatable bonds is 2. The van der Waals surface area contributed by atoms with E-state index >= 15 is 0 Å². The average molecular weight is 362 g/mol. The normalized spacial score (nSPS) is 11.5. The third-order valence-corrected chi connectivity index (χ3v) is 3.50. The van der Waals surface area contributed by atoms with E-state index in [0.717, 1.165) is 12.1 Å². The molecule has 2 nitrogen and oxygen atoms in total. The van der Waals surface area contributed by atoms with Crippen molar-refractivity contribution in [2.45, 2.75) is 6.18 Å². The number of alkyl halides is 3. The van der Waals surface area contributed by atoms with Gasteiger partial charge in [0.2, 0.25) is 0 Å². The van der Waals surface area contributed by atoms with Gasteiger partial charge in [0.15, 0.2) is 5.78 Å². The lowest BCUT2D eigenvalue weighted by atomic mass is 10.00. The van der Waals surface area contributed by atoms with Gasteiger partial charge in [-0.05, 0) is 46.3 Å². The van der Waals surface area contributed by atoms with Crippen molar-refractivity contribution in [3.8, 4) is 0 Å². The van der Waals surface area contributed by atoms with Crippen LogP contribution in [0, 0.1) is 5.82 Å². The third kappa shape index (κ3) is 3.07. The summed E-state index contributed by atoms with van der Waals surface area (Å²) in [4.78, 5) is 12.1. The van der Waals surface area contributed by atoms with Crippen molar-refractivity contribution in [2.75, 3.05) is 5.73 Å². The standard InChI is InChI=1S/C14H8BrF4NO/c15-10-6-7(4-5-11(10)20)13(21)8-2-1-3-9(12(8)16)14(17,18)19/h1-6H,20H2. The molecule has 0 spiro atoms. The van der Waals surface area contributed by atoms with Crippen LogP contribution in [-0.4, -0.2) is 5.78 Å². The van der Waals surface area contributed by atoms with Gasteiger partial charge in [-0.1, -0.05) is 6.07 Å². The van der Waals surface area contributed by atoms with Crippen LogP contribution in [0.3, 0.4) is 0 Å². The van der Waals surface area contributed by atoms with Crippen molar-refractivity contribution in [1.29, 1.82) is 0 Å². The molecule has 0 aliphatic rings. The van der Waals surface area contributed by atoms with E-state index in [9.17, 15) is 22.4 Å². The van der Waals surface area contributed by atoms with Crippen LogP contribution in [-0.2, 0) is 6.18 Å². The van der Waals surface area contributed by atoms with E-state index in [0.29, 0.717) is 16.2 Å². The molecule has 21 heavy (non-hydrogen) atoms. The Morgan fingerprint density at radius 3 is 2.38 bits per heavy atom. The van der Waals surface area contributed by atoms with Gasteiger partial charge in [-0.2, -0.15) is 13.2 Å². The predicted octanol–water partition coefficient (Wildman–Crippen LogP) is 4.42. The summed E-state index contributed by atoms with van der Waals surface area (Å²) < 4.78 is 52.2. The molecule has 0 aromatic heterocycles. The molecule has 0 atom stereocenters. The van der Waals surface area contributed by atoms with Gasteiger partial charge >= 0.3 is 6.18 Å². The lowest BCUT2D eigenvalue weighted by molar-refractivity contribution is -0.140. The number of hydrogen-bond acceptors (Lipinski definition) is 2. The molecule has 2 aromatic carbocycles. The van der Waals surface area contributed by atoms with E-state index in [1.165, 1.54) is 18.2 Å². The van der Waals surface area contributed by atoms with E-state index in [2.05, 4.69) is 15.9 Å². The molecule has 0 amide bonds. The second-order valence-corrected chi connectivity index (χ2v) is 5.08. The Morgan fingerprint density at radius 2 is 1.81 bits per heavy atom. The molecule has 2 aromatic rings. The van der Waals surface area contributed by atoms with Crippen molar-refractivity contribution in [1.82, 2.24) is 0 Å². The highest BCUT2D eigenvalue weighted by Gasteiger charge is 2.35. The number of nitrogen functional groups attached to an aromatic ring is 1. The van der Waals surface area contributed by atoms with Crippen molar-refractivity contribution in [2.24, 2.45) is 0 Å². The summed E-state index contributed by atoms with van der Waals surface area (Å²) in [7, 11) is 0. The Bertz CT molecular complexity index is 713. The maximum Gasteiger partial charge on any atom is 0.419 e. The zero-order valence-corrected chi connectivity index (χ0v) is 11.9. The number of hydrogen-bond donors (Lipinski definition) is 1. The number of carbonyl (C=O) groups excluding carboxylic acids is 1. The zero-order valence-electron chi connectivity index (χ0n) is 10.3. The molecular formula is C14H8BrF4NO. The minimum absolute atomic E-state index is 0.0364. The third-order valence-electron chi connectivity index (χ3n) is 2.81. The molecular weight excluding hydrogens is 354 g/mol. The quantitative estimate of drug-likeness (QED) is 0.488. The fourth-order valence-corrected chi connectivity index (χ4v) is 2.13. The van der Waals surface area contributed by atoms with E-state index in [1.54, 1.807) is 0 Å².